The Kier molecular flexibility index (Phi) is 2.93. The summed E-state index contributed by atoms with van der Waals surface area (Å²) in [6.45, 7) is 0. The SMILES string of the molecule is CN(C)c1ccc(O)c(-c2cc(C(=O)O)[nH]n2)c1. The Hall–Kier alpha value is -2.50. The molecule has 1 aromatic heterocycles. The van der Waals surface area contributed by atoms with Crippen LogP contribution < -0.4 is 4.90 Å². The average Bonchev–Trinajstić information content (AvgIpc) is 2.78. The molecule has 94 valence electrons. The molecule has 1 heterocycles. The van der Waals surface area contributed by atoms with E-state index in [0.29, 0.717) is 11.3 Å². The smallest absolute Gasteiger partial charge is 0.353 e. The third-order valence-corrected chi connectivity index (χ3v) is 2.58. The molecule has 6 nitrogen and oxygen atoms in total. The molecule has 0 unspecified atom stereocenters. The number of aromatic carboxylic acids is 1. The lowest BCUT2D eigenvalue weighted by molar-refractivity contribution is 0.0690. The summed E-state index contributed by atoms with van der Waals surface area (Å²) in [6, 6.07) is 6.46. The largest absolute Gasteiger partial charge is 0.507 e. The fourth-order valence-electron chi connectivity index (χ4n) is 1.58. The molecular formula is C12H13N3O3. The molecule has 0 saturated carbocycles. The zero-order valence-electron chi connectivity index (χ0n) is 10.0. The number of carbonyl (C=O) groups is 1. The predicted octanol–water partition coefficient (Wildman–Crippen LogP) is 1.55. The number of H-pyrrole nitrogens is 1. The van der Waals surface area contributed by atoms with E-state index in [9.17, 15) is 9.90 Å². The van der Waals surface area contributed by atoms with Crippen LogP contribution in [-0.4, -0.2) is 40.5 Å². The Balaban J connectivity index is 2.48. The zero-order valence-corrected chi connectivity index (χ0v) is 10.0. The fraction of sp³-hybridized carbons (Fsp3) is 0.167. The monoisotopic (exact) mass is 247 g/mol. The van der Waals surface area contributed by atoms with Crippen LogP contribution in [0.1, 0.15) is 10.5 Å². The lowest BCUT2D eigenvalue weighted by Gasteiger charge is -2.13. The highest BCUT2D eigenvalue weighted by molar-refractivity contribution is 5.87. The molecule has 0 aliphatic rings. The highest BCUT2D eigenvalue weighted by Crippen LogP contribution is 2.31. The maximum Gasteiger partial charge on any atom is 0.353 e. The number of nitrogens with zero attached hydrogens (tertiary/aromatic N) is 2. The molecule has 1 aromatic carbocycles. The Labute approximate surface area is 103 Å². The van der Waals surface area contributed by atoms with Gasteiger partial charge in [-0.25, -0.2) is 4.79 Å². The van der Waals surface area contributed by atoms with Gasteiger partial charge in [-0.2, -0.15) is 5.10 Å². The Bertz CT molecular complexity index is 590. The molecule has 0 fully saturated rings. The van der Waals surface area contributed by atoms with Crippen molar-refractivity contribution in [1.82, 2.24) is 10.2 Å². The number of aromatic nitrogens is 2. The van der Waals surface area contributed by atoms with Crippen LogP contribution >= 0.6 is 0 Å². The summed E-state index contributed by atoms with van der Waals surface area (Å²) in [5.41, 5.74) is 1.76. The summed E-state index contributed by atoms with van der Waals surface area (Å²) >= 11 is 0. The molecule has 0 radical (unpaired) electrons. The summed E-state index contributed by atoms with van der Waals surface area (Å²) < 4.78 is 0. The molecule has 0 spiro atoms. The van der Waals surface area contributed by atoms with Crippen LogP contribution in [0.15, 0.2) is 24.3 Å². The van der Waals surface area contributed by atoms with Crippen LogP contribution in [0.2, 0.25) is 0 Å². The molecular weight excluding hydrogens is 234 g/mol. The van der Waals surface area contributed by atoms with Crippen LogP contribution in [0.3, 0.4) is 0 Å². The van der Waals surface area contributed by atoms with E-state index >= 15 is 0 Å². The second-order valence-corrected chi connectivity index (χ2v) is 4.07. The van der Waals surface area contributed by atoms with Gasteiger partial charge in [0, 0.05) is 25.3 Å². The second kappa shape index (κ2) is 4.40. The van der Waals surface area contributed by atoms with Gasteiger partial charge < -0.3 is 15.1 Å². The average molecular weight is 247 g/mol. The third-order valence-electron chi connectivity index (χ3n) is 2.58. The van der Waals surface area contributed by atoms with E-state index in [4.69, 9.17) is 5.11 Å². The number of aromatic hydroxyl groups is 1. The molecule has 6 heteroatoms. The minimum Gasteiger partial charge on any atom is -0.507 e. The Morgan fingerprint density at radius 2 is 2.06 bits per heavy atom. The quantitative estimate of drug-likeness (QED) is 0.765. The molecule has 0 aliphatic carbocycles. The summed E-state index contributed by atoms with van der Waals surface area (Å²) in [7, 11) is 3.76. The van der Waals surface area contributed by atoms with E-state index in [1.54, 1.807) is 18.2 Å². The van der Waals surface area contributed by atoms with Crippen molar-refractivity contribution in [3.05, 3.63) is 30.0 Å². The molecule has 3 N–H and O–H groups in total. The lowest BCUT2D eigenvalue weighted by atomic mass is 10.1. The number of carboxylic acids is 1. The van der Waals surface area contributed by atoms with Gasteiger partial charge in [0.2, 0.25) is 0 Å². The Morgan fingerprint density at radius 1 is 1.33 bits per heavy atom. The molecule has 2 rings (SSSR count). The van der Waals surface area contributed by atoms with E-state index < -0.39 is 5.97 Å². The number of carboxylic acid groups (broad SMARTS) is 1. The number of rotatable bonds is 3. The van der Waals surface area contributed by atoms with Gasteiger partial charge in [0.05, 0.1) is 5.69 Å². The van der Waals surface area contributed by atoms with Gasteiger partial charge in [-0.3, -0.25) is 5.10 Å². The summed E-state index contributed by atoms with van der Waals surface area (Å²) in [5.74, 6) is -1.03. The van der Waals surface area contributed by atoms with Crippen LogP contribution in [0.4, 0.5) is 5.69 Å². The van der Waals surface area contributed by atoms with Crippen LogP contribution in [0.25, 0.3) is 11.3 Å². The molecule has 0 atom stereocenters. The minimum atomic E-state index is -1.09. The molecule has 0 saturated heterocycles. The van der Waals surface area contributed by atoms with Crippen molar-refractivity contribution in [2.24, 2.45) is 0 Å². The highest BCUT2D eigenvalue weighted by Gasteiger charge is 2.13. The van der Waals surface area contributed by atoms with Gasteiger partial charge in [0.15, 0.2) is 0 Å². The lowest BCUT2D eigenvalue weighted by Crippen LogP contribution is -2.08. The topological polar surface area (TPSA) is 89.5 Å². The first-order valence-electron chi connectivity index (χ1n) is 5.28. The second-order valence-electron chi connectivity index (χ2n) is 4.07. The van der Waals surface area contributed by atoms with E-state index in [1.165, 1.54) is 6.07 Å². The number of phenolic OH excluding ortho intramolecular Hbond substituents is 1. The zero-order chi connectivity index (χ0) is 13.3. The van der Waals surface area contributed by atoms with Crippen molar-refractivity contribution in [2.75, 3.05) is 19.0 Å². The van der Waals surface area contributed by atoms with Crippen molar-refractivity contribution in [3.63, 3.8) is 0 Å². The van der Waals surface area contributed by atoms with E-state index in [2.05, 4.69) is 10.2 Å². The van der Waals surface area contributed by atoms with Crippen molar-refractivity contribution in [2.45, 2.75) is 0 Å². The summed E-state index contributed by atoms with van der Waals surface area (Å²) in [6.07, 6.45) is 0. The molecule has 18 heavy (non-hydrogen) atoms. The number of benzene rings is 1. The number of hydrogen-bond donors (Lipinski definition) is 3. The standard InChI is InChI=1S/C12H13N3O3/c1-15(2)7-3-4-11(16)8(5-7)9-6-10(12(17)18)14-13-9/h3-6,16H,1-2H3,(H,13,14)(H,17,18). The van der Waals surface area contributed by atoms with Crippen LogP contribution in [-0.2, 0) is 0 Å². The number of nitrogens with one attached hydrogen (secondary N) is 1. The van der Waals surface area contributed by atoms with Gasteiger partial charge in [-0.05, 0) is 24.3 Å². The van der Waals surface area contributed by atoms with Gasteiger partial charge in [-0.15, -0.1) is 0 Å². The first-order chi connectivity index (χ1) is 8.49. The van der Waals surface area contributed by atoms with Crippen molar-refractivity contribution in [1.29, 1.82) is 0 Å². The van der Waals surface area contributed by atoms with Crippen molar-refractivity contribution < 1.29 is 15.0 Å². The molecule has 0 bridgehead atoms. The van der Waals surface area contributed by atoms with Crippen LogP contribution in [0, 0.1) is 0 Å². The third kappa shape index (κ3) is 2.13. The van der Waals surface area contributed by atoms with Crippen molar-refractivity contribution in [3.8, 4) is 17.0 Å². The normalized spacial score (nSPS) is 10.3. The fourth-order valence-corrected chi connectivity index (χ4v) is 1.58. The van der Waals surface area contributed by atoms with Crippen molar-refractivity contribution >= 4 is 11.7 Å². The minimum absolute atomic E-state index is 0.0142. The first-order valence-corrected chi connectivity index (χ1v) is 5.28. The number of aromatic amines is 1. The van der Waals surface area contributed by atoms with Gasteiger partial charge in [-0.1, -0.05) is 0 Å². The van der Waals surface area contributed by atoms with E-state index in [-0.39, 0.29) is 11.4 Å². The maximum atomic E-state index is 10.8. The van der Waals surface area contributed by atoms with E-state index in [1.807, 2.05) is 19.0 Å². The Morgan fingerprint density at radius 3 is 2.61 bits per heavy atom. The maximum absolute atomic E-state index is 10.8. The van der Waals surface area contributed by atoms with E-state index in [0.717, 1.165) is 5.69 Å². The number of anilines is 1. The first kappa shape index (κ1) is 12.0. The molecule has 0 aliphatic heterocycles. The highest BCUT2D eigenvalue weighted by atomic mass is 16.4. The van der Waals surface area contributed by atoms with Gasteiger partial charge in [0.1, 0.15) is 11.4 Å². The van der Waals surface area contributed by atoms with Gasteiger partial charge >= 0.3 is 5.97 Å². The predicted molar refractivity (Wildman–Crippen MR) is 67.0 cm³/mol. The van der Waals surface area contributed by atoms with Crippen LogP contribution in [0.5, 0.6) is 5.75 Å². The molecule has 2 aromatic rings. The number of phenols is 1. The summed E-state index contributed by atoms with van der Waals surface area (Å²) in [5, 5.41) is 24.9. The number of hydrogen-bond acceptors (Lipinski definition) is 4. The summed E-state index contributed by atoms with van der Waals surface area (Å²) in [4.78, 5) is 12.6. The molecule has 0 amide bonds. The van der Waals surface area contributed by atoms with Gasteiger partial charge in [0.25, 0.3) is 0 Å².